The van der Waals surface area contributed by atoms with E-state index >= 15 is 0 Å². The maximum Gasteiger partial charge on any atom is 0.274 e. The molecule has 3 N–H and O–H groups in total. The van der Waals surface area contributed by atoms with Gasteiger partial charge in [0, 0.05) is 29.7 Å². The van der Waals surface area contributed by atoms with E-state index in [9.17, 15) is 4.79 Å². The summed E-state index contributed by atoms with van der Waals surface area (Å²) in [7, 11) is 1.63. The van der Waals surface area contributed by atoms with Gasteiger partial charge in [-0.2, -0.15) is 0 Å². The molecule has 1 amide bonds. The Balaban J connectivity index is 1.71. The van der Waals surface area contributed by atoms with Crippen LogP contribution in [0.3, 0.4) is 0 Å². The van der Waals surface area contributed by atoms with Gasteiger partial charge in [-0.15, -0.1) is 10.2 Å². The third kappa shape index (κ3) is 3.73. The first-order valence-electron chi connectivity index (χ1n) is 9.68. The molecule has 2 aromatic carbocycles. The van der Waals surface area contributed by atoms with E-state index in [-0.39, 0.29) is 17.7 Å². The Morgan fingerprint density at radius 1 is 1.28 bits per heavy atom. The molecular weight excluding hydrogens is 368 g/mol. The molecule has 1 fully saturated rings. The average molecular weight is 392 g/mol. The second-order valence-electron chi connectivity index (χ2n) is 7.21. The Kier molecular flexibility index (Phi) is 5.31. The Hall–Kier alpha value is -3.19. The number of anilines is 1. The third-order valence-electron chi connectivity index (χ3n) is 5.21. The Labute approximate surface area is 169 Å². The van der Waals surface area contributed by atoms with E-state index in [1.54, 1.807) is 7.11 Å². The second-order valence-corrected chi connectivity index (χ2v) is 7.21. The maximum absolute atomic E-state index is 12.6. The van der Waals surface area contributed by atoms with Gasteiger partial charge in [0.2, 0.25) is 0 Å². The fraction of sp³-hybridized carbons (Fsp3) is 0.318. The molecule has 1 aromatic heterocycles. The highest BCUT2D eigenvalue weighted by Gasteiger charge is 2.21. The average Bonchev–Trinajstić information content (AvgIpc) is 3.26. The van der Waals surface area contributed by atoms with Gasteiger partial charge < -0.3 is 20.5 Å². The first-order chi connectivity index (χ1) is 14.1. The van der Waals surface area contributed by atoms with E-state index in [4.69, 9.17) is 15.2 Å². The second kappa shape index (κ2) is 8.05. The minimum Gasteiger partial charge on any atom is -0.496 e. The largest absolute Gasteiger partial charge is 0.496 e. The summed E-state index contributed by atoms with van der Waals surface area (Å²) in [5.41, 5.74) is 10.3. The summed E-state index contributed by atoms with van der Waals surface area (Å²) in [6.45, 7) is 3.20. The van der Waals surface area contributed by atoms with Crippen molar-refractivity contribution in [2.45, 2.75) is 25.9 Å². The van der Waals surface area contributed by atoms with Gasteiger partial charge >= 0.3 is 0 Å². The summed E-state index contributed by atoms with van der Waals surface area (Å²) in [6, 6.07) is 11.6. The first-order valence-corrected chi connectivity index (χ1v) is 9.68. The number of benzene rings is 2. The number of ether oxygens (including phenoxy) is 2. The lowest BCUT2D eigenvalue weighted by Crippen LogP contribution is -2.33. The van der Waals surface area contributed by atoms with Crippen molar-refractivity contribution in [1.29, 1.82) is 0 Å². The van der Waals surface area contributed by atoms with Crippen LogP contribution >= 0.6 is 0 Å². The van der Waals surface area contributed by atoms with Crippen molar-refractivity contribution in [2.24, 2.45) is 0 Å². The van der Waals surface area contributed by atoms with Crippen LogP contribution in [0.1, 0.15) is 28.9 Å². The van der Waals surface area contributed by atoms with E-state index in [1.807, 2.05) is 43.3 Å². The molecule has 0 bridgehead atoms. The van der Waals surface area contributed by atoms with Crippen LogP contribution < -0.4 is 15.8 Å². The van der Waals surface area contributed by atoms with Gasteiger partial charge in [0.05, 0.1) is 18.9 Å². The van der Waals surface area contributed by atoms with Crippen molar-refractivity contribution in [3.05, 3.63) is 47.7 Å². The van der Waals surface area contributed by atoms with Crippen LogP contribution in [0.15, 0.2) is 36.4 Å². The van der Waals surface area contributed by atoms with Crippen LogP contribution in [0.4, 0.5) is 5.69 Å². The molecule has 1 aliphatic rings. The maximum atomic E-state index is 12.6. The summed E-state index contributed by atoms with van der Waals surface area (Å²) < 4.78 is 11.1. The van der Waals surface area contributed by atoms with Gasteiger partial charge in [-0.3, -0.25) is 4.79 Å². The zero-order valence-corrected chi connectivity index (χ0v) is 16.6. The van der Waals surface area contributed by atoms with Gasteiger partial charge in [0.1, 0.15) is 11.3 Å². The summed E-state index contributed by atoms with van der Waals surface area (Å²) >= 11 is 0. The van der Waals surface area contributed by atoms with Gasteiger partial charge in [-0.05, 0) is 31.9 Å². The van der Waals surface area contributed by atoms with Gasteiger partial charge in [-0.1, -0.05) is 29.8 Å². The summed E-state index contributed by atoms with van der Waals surface area (Å²) in [5, 5.41) is 12.0. The molecular formula is C22H24N4O3. The zero-order valence-electron chi connectivity index (χ0n) is 16.6. The van der Waals surface area contributed by atoms with Gasteiger partial charge in [-0.25, -0.2) is 0 Å². The van der Waals surface area contributed by atoms with E-state index < -0.39 is 0 Å². The zero-order chi connectivity index (χ0) is 20.4. The minimum absolute atomic E-state index is 0.0500. The molecule has 0 aliphatic carbocycles. The molecule has 1 unspecified atom stereocenters. The quantitative estimate of drug-likeness (QED) is 0.692. The number of methoxy groups -OCH3 is 1. The molecule has 7 heteroatoms. The number of hydrogen-bond acceptors (Lipinski definition) is 6. The molecule has 4 rings (SSSR count). The van der Waals surface area contributed by atoms with E-state index in [0.29, 0.717) is 23.1 Å². The van der Waals surface area contributed by atoms with E-state index in [1.165, 1.54) is 0 Å². The molecule has 1 saturated heterocycles. The lowest BCUT2D eigenvalue weighted by molar-refractivity contribution is 0.0854. The van der Waals surface area contributed by atoms with Crippen LogP contribution in [0.5, 0.6) is 5.75 Å². The number of carbonyl (C=O) groups excluding carboxylic acids is 1. The van der Waals surface area contributed by atoms with Crippen LogP contribution in [-0.2, 0) is 4.74 Å². The summed E-state index contributed by atoms with van der Waals surface area (Å²) in [5.74, 6) is 0.396. The van der Waals surface area contributed by atoms with Crippen molar-refractivity contribution in [2.75, 3.05) is 26.0 Å². The first kappa shape index (κ1) is 19.1. The van der Waals surface area contributed by atoms with Crippen molar-refractivity contribution in [3.63, 3.8) is 0 Å². The molecule has 29 heavy (non-hydrogen) atoms. The molecule has 1 aliphatic heterocycles. The standard InChI is InChI=1S/C22H24N4O3/c1-13-8-9-18(28-2)17(11-13)15-6-3-7-16-19(23)21(26-25-20(15)16)22(27)24-12-14-5-4-10-29-14/h3,6-9,11,14H,4-5,10,12H2,1-2H3,(H2,23,25)(H,24,27). The Bertz CT molecular complexity index is 1060. The molecule has 3 aromatic rings. The molecule has 1 atom stereocenters. The van der Waals surface area contributed by atoms with Crippen molar-refractivity contribution < 1.29 is 14.3 Å². The fourth-order valence-corrected chi connectivity index (χ4v) is 3.66. The Morgan fingerprint density at radius 2 is 2.14 bits per heavy atom. The number of rotatable bonds is 5. The summed E-state index contributed by atoms with van der Waals surface area (Å²) in [4.78, 5) is 12.6. The van der Waals surface area contributed by atoms with Crippen molar-refractivity contribution >= 4 is 22.5 Å². The Morgan fingerprint density at radius 3 is 2.90 bits per heavy atom. The van der Waals surface area contributed by atoms with Gasteiger partial charge in [0.25, 0.3) is 5.91 Å². The highest BCUT2D eigenvalue weighted by molar-refractivity contribution is 6.07. The number of amides is 1. The molecule has 0 spiro atoms. The van der Waals surface area contributed by atoms with E-state index in [0.717, 1.165) is 41.9 Å². The molecule has 2 heterocycles. The van der Waals surface area contributed by atoms with E-state index in [2.05, 4.69) is 15.5 Å². The molecule has 150 valence electrons. The molecule has 0 radical (unpaired) electrons. The molecule has 0 saturated carbocycles. The van der Waals surface area contributed by atoms with Crippen LogP contribution in [0.2, 0.25) is 0 Å². The fourth-order valence-electron chi connectivity index (χ4n) is 3.66. The SMILES string of the molecule is COc1ccc(C)cc1-c1cccc2c(N)c(C(=O)NCC3CCCO3)nnc12. The smallest absolute Gasteiger partial charge is 0.274 e. The number of hydrogen-bond donors (Lipinski definition) is 2. The number of aryl methyl sites for hydroxylation is 1. The molecule has 7 nitrogen and oxygen atoms in total. The number of fused-ring (bicyclic) bond motifs is 1. The lowest BCUT2D eigenvalue weighted by Gasteiger charge is -2.14. The lowest BCUT2D eigenvalue weighted by atomic mass is 9.99. The number of nitrogens with two attached hydrogens (primary N) is 1. The van der Waals surface area contributed by atoms with Gasteiger partial charge in [0.15, 0.2) is 5.69 Å². The third-order valence-corrected chi connectivity index (χ3v) is 5.21. The topological polar surface area (TPSA) is 99.4 Å². The predicted molar refractivity (Wildman–Crippen MR) is 112 cm³/mol. The monoisotopic (exact) mass is 392 g/mol. The number of nitrogens with zero attached hydrogens (tertiary/aromatic N) is 2. The van der Waals surface area contributed by atoms with Crippen LogP contribution in [0.25, 0.3) is 22.0 Å². The number of carbonyl (C=O) groups is 1. The predicted octanol–water partition coefficient (Wildman–Crippen LogP) is 3.10. The van der Waals surface area contributed by atoms with Crippen LogP contribution in [0, 0.1) is 6.92 Å². The summed E-state index contributed by atoms with van der Waals surface area (Å²) in [6.07, 6.45) is 2.01. The number of aromatic nitrogens is 2. The van der Waals surface area contributed by atoms with Crippen LogP contribution in [-0.4, -0.2) is 42.5 Å². The number of nitrogen functional groups attached to an aromatic ring is 1. The van der Waals surface area contributed by atoms with Crippen molar-refractivity contribution in [1.82, 2.24) is 15.5 Å². The van der Waals surface area contributed by atoms with Crippen molar-refractivity contribution in [3.8, 4) is 16.9 Å². The number of nitrogens with one attached hydrogen (secondary N) is 1. The highest BCUT2D eigenvalue weighted by atomic mass is 16.5. The highest BCUT2D eigenvalue weighted by Crippen LogP contribution is 2.36. The minimum atomic E-state index is -0.342. The normalized spacial score (nSPS) is 16.1.